The van der Waals surface area contributed by atoms with E-state index in [2.05, 4.69) is 86.8 Å². The molecule has 0 rings (SSSR count). The Labute approximate surface area is 377 Å². The van der Waals surface area contributed by atoms with Crippen LogP contribution >= 0.6 is 0 Å². The molecule has 0 aliphatic heterocycles. The van der Waals surface area contributed by atoms with Crippen LogP contribution in [-0.2, 0) is 14.3 Å². The topological polar surface area (TPSA) is 95.9 Å². The standard InChI is InChI=1S/C55H97NO5/c1-4-7-10-13-16-19-22-24-25-26-27-28-29-30-33-36-39-42-45-48-55(60)61-51(46-43-40-37-34-31-21-18-15-12-9-6-3)49-54(59)56-52(50-57)53(58)47-44-41-38-35-32-23-20-17-14-11-8-5-2/h9,12,15-16,18-19,21,24-25,27-28,31,51-53,57-58H,4-8,10-11,13-14,17,20,22-23,26,29-30,32-50H2,1-3H3,(H,56,59)/b12-9+,18-15+,19-16-,25-24-,28-27-,31-21-. The summed E-state index contributed by atoms with van der Waals surface area (Å²) in [6, 6.07) is -0.717. The molecule has 3 N–H and O–H groups in total. The molecule has 0 spiro atoms. The highest BCUT2D eigenvalue weighted by atomic mass is 16.5. The summed E-state index contributed by atoms with van der Waals surface area (Å²) in [4.78, 5) is 26.1. The summed E-state index contributed by atoms with van der Waals surface area (Å²) in [6.07, 6.45) is 61.1. The van der Waals surface area contributed by atoms with E-state index in [1.165, 1.54) is 103 Å². The SMILES string of the molecule is CC/C=C/C=C/C=C\CCCCCC(CC(=O)NC(CO)C(O)CCCCCCCCCCCCCC)OC(=O)CCCCCCCC/C=C\C/C=C\C/C=C\CCCCC. The van der Waals surface area contributed by atoms with Gasteiger partial charge in [-0.05, 0) is 83.5 Å². The minimum atomic E-state index is -0.801. The highest BCUT2D eigenvalue weighted by molar-refractivity contribution is 5.77. The molecule has 0 aliphatic carbocycles. The Hall–Kier alpha value is -2.70. The molecule has 0 aliphatic rings. The van der Waals surface area contributed by atoms with Gasteiger partial charge in [-0.2, -0.15) is 0 Å². The number of ether oxygens (including phenoxy) is 1. The second kappa shape index (κ2) is 48.3. The van der Waals surface area contributed by atoms with E-state index in [4.69, 9.17) is 4.74 Å². The van der Waals surface area contributed by atoms with Crippen LogP contribution in [0, 0.1) is 0 Å². The number of hydrogen-bond acceptors (Lipinski definition) is 5. The Balaban J connectivity index is 4.57. The number of rotatable bonds is 45. The van der Waals surface area contributed by atoms with Gasteiger partial charge in [-0.25, -0.2) is 0 Å². The molecule has 352 valence electrons. The first-order valence-electron chi connectivity index (χ1n) is 25.7. The van der Waals surface area contributed by atoms with Crippen LogP contribution in [0.2, 0.25) is 0 Å². The predicted octanol–water partition coefficient (Wildman–Crippen LogP) is 15.4. The smallest absolute Gasteiger partial charge is 0.306 e. The van der Waals surface area contributed by atoms with E-state index in [1.807, 2.05) is 12.2 Å². The molecule has 6 heteroatoms. The molecule has 0 saturated heterocycles. The van der Waals surface area contributed by atoms with E-state index in [9.17, 15) is 19.8 Å². The maximum atomic E-state index is 13.2. The maximum absolute atomic E-state index is 13.2. The quantitative estimate of drug-likeness (QED) is 0.0245. The Bertz CT molecular complexity index is 1140. The molecule has 0 heterocycles. The number of amides is 1. The zero-order valence-electron chi connectivity index (χ0n) is 40.0. The minimum Gasteiger partial charge on any atom is -0.462 e. The van der Waals surface area contributed by atoms with Crippen molar-refractivity contribution in [1.82, 2.24) is 5.32 Å². The first kappa shape index (κ1) is 58.3. The van der Waals surface area contributed by atoms with Crippen LogP contribution in [0.5, 0.6) is 0 Å². The summed E-state index contributed by atoms with van der Waals surface area (Å²) in [5.41, 5.74) is 0. The normalized spacial score (nSPS) is 13.9. The van der Waals surface area contributed by atoms with Gasteiger partial charge in [-0.3, -0.25) is 9.59 Å². The van der Waals surface area contributed by atoms with Gasteiger partial charge in [0.15, 0.2) is 0 Å². The van der Waals surface area contributed by atoms with Gasteiger partial charge in [0.25, 0.3) is 0 Å². The zero-order chi connectivity index (χ0) is 44.5. The fourth-order valence-corrected chi connectivity index (χ4v) is 7.44. The number of carbonyl (C=O) groups is 2. The van der Waals surface area contributed by atoms with Gasteiger partial charge >= 0.3 is 5.97 Å². The summed E-state index contributed by atoms with van der Waals surface area (Å²) >= 11 is 0. The fourth-order valence-electron chi connectivity index (χ4n) is 7.44. The number of hydrogen-bond donors (Lipinski definition) is 3. The lowest BCUT2D eigenvalue weighted by Crippen LogP contribution is -2.46. The van der Waals surface area contributed by atoms with E-state index in [1.54, 1.807) is 0 Å². The average Bonchev–Trinajstić information content (AvgIpc) is 3.25. The fraction of sp³-hybridized carbons (Fsp3) is 0.745. The number of unbranched alkanes of at least 4 members (excludes halogenated alkanes) is 23. The highest BCUT2D eigenvalue weighted by Gasteiger charge is 2.24. The second-order valence-corrected chi connectivity index (χ2v) is 17.2. The molecule has 0 radical (unpaired) electrons. The summed E-state index contributed by atoms with van der Waals surface area (Å²) in [5, 5.41) is 23.7. The number of aliphatic hydroxyl groups excluding tert-OH is 2. The molecular weight excluding hydrogens is 755 g/mol. The largest absolute Gasteiger partial charge is 0.462 e. The van der Waals surface area contributed by atoms with Crippen molar-refractivity contribution >= 4 is 11.9 Å². The van der Waals surface area contributed by atoms with Crippen molar-refractivity contribution in [2.24, 2.45) is 0 Å². The van der Waals surface area contributed by atoms with Crippen molar-refractivity contribution < 1.29 is 24.5 Å². The summed E-state index contributed by atoms with van der Waals surface area (Å²) in [7, 11) is 0. The van der Waals surface area contributed by atoms with Crippen molar-refractivity contribution in [3.05, 3.63) is 72.9 Å². The summed E-state index contributed by atoms with van der Waals surface area (Å²) in [6.45, 7) is 6.30. The molecule has 0 aromatic rings. The molecule has 0 fully saturated rings. The summed E-state index contributed by atoms with van der Waals surface area (Å²) < 4.78 is 5.90. The number of nitrogens with one attached hydrogen (secondary N) is 1. The molecule has 0 saturated carbocycles. The second-order valence-electron chi connectivity index (χ2n) is 17.2. The minimum absolute atomic E-state index is 0.0464. The van der Waals surface area contributed by atoms with Crippen molar-refractivity contribution in [2.75, 3.05) is 6.61 Å². The van der Waals surface area contributed by atoms with Crippen LogP contribution in [0.3, 0.4) is 0 Å². The van der Waals surface area contributed by atoms with E-state index in [0.717, 1.165) is 89.9 Å². The molecule has 3 unspecified atom stereocenters. The number of carbonyl (C=O) groups excluding carboxylic acids is 2. The third kappa shape index (κ3) is 43.7. The highest BCUT2D eigenvalue weighted by Crippen LogP contribution is 2.17. The van der Waals surface area contributed by atoms with Crippen LogP contribution in [-0.4, -0.2) is 46.9 Å². The number of aliphatic hydroxyl groups is 2. The monoisotopic (exact) mass is 852 g/mol. The van der Waals surface area contributed by atoms with E-state index in [-0.39, 0.29) is 24.9 Å². The molecule has 3 atom stereocenters. The van der Waals surface area contributed by atoms with Crippen molar-refractivity contribution in [3.63, 3.8) is 0 Å². The third-order valence-corrected chi connectivity index (χ3v) is 11.3. The average molecular weight is 852 g/mol. The molecule has 1 amide bonds. The van der Waals surface area contributed by atoms with Crippen molar-refractivity contribution in [1.29, 1.82) is 0 Å². The zero-order valence-corrected chi connectivity index (χ0v) is 40.0. The first-order chi connectivity index (χ1) is 30.0. The van der Waals surface area contributed by atoms with Gasteiger partial charge in [0, 0.05) is 6.42 Å². The van der Waals surface area contributed by atoms with Gasteiger partial charge in [-0.15, -0.1) is 0 Å². The molecule has 0 bridgehead atoms. The molecule has 0 aromatic heterocycles. The van der Waals surface area contributed by atoms with Gasteiger partial charge < -0.3 is 20.3 Å². The van der Waals surface area contributed by atoms with Crippen molar-refractivity contribution in [3.8, 4) is 0 Å². The summed E-state index contributed by atoms with van der Waals surface area (Å²) in [5.74, 6) is -0.526. The lowest BCUT2D eigenvalue weighted by atomic mass is 10.0. The number of allylic oxidation sites excluding steroid dienone is 12. The van der Waals surface area contributed by atoms with Crippen LogP contribution in [0.15, 0.2) is 72.9 Å². The van der Waals surface area contributed by atoms with E-state index < -0.39 is 18.2 Å². The number of esters is 1. The molecular formula is C55H97NO5. The Morgan fingerprint density at radius 1 is 0.508 bits per heavy atom. The van der Waals surface area contributed by atoms with Crippen LogP contribution in [0.1, 0.15) is 239 Å². The van der Waals surface area contributed by atoms with Gasteiger partial charge in [0.2, 0.25) is 5.91 Å². The Morgan fingerprint density at radius 3 is 1.52 bits per heavy atom. The van der Waals surface area contributed by atoms with Gasteiger partial charge in [0.05, 0.1) is 25.2 Å². The Morgan fingerprint density at radius 2 is 0.951 bits per heavy atom. The van der Waals surface area contributed by atoms with Crippen LogP contribution < -0.4 is 5.32 Å². The molecule has 6 nitrogen and oxygen atoms in total. The van der Waals surface area contributed by atoms with Gasteiger partial charge in [0.1, 0.15) is 6.10 Å². The third-order valence-electron chi connectivity index (χ3n) is 11.3. The van der Waals surface area contributed by atoms with Crippen LogP contribution in [0.25, 0.3) is 0 Å². The lowest BCUT2D eigenvalue weighted by Gasteiger charge is -2.24. The van der Waals surface area contributed by atoms with Crippen molar-refractivity contribution in [2.45, 2.75) is 257 Å². The first-order valence-corrected chi connectivity index (χ1v) is 25.7. The predicted molar refractivity (Wildman–Crippen MR) is 264 cm³/mol. The Kier molecular flexibility index (Phi) is 46.2. The lowest BCUT2D eigenvalue weighted by molar-refractivity contribution is -0.151. The van der Waals surface area contributed by atoms with E-state index >= 15 is 0 Å². The molecule has 0 aromatic carbocycles. The van der Waals surface area contributed by atoms with Crippen LogP contribution in [0.4, 0.5) is 0 Å². The van der Waals surface area contributed by atoms with E-state index in [0.29, 0.717) is 19.3 Å². The van der Waals surface area contributed by atoms with Gasteiger partial charge in [-0.1, -0.05) is 216 Å². The maximum Gasteiger partial charge on any atom is 0.306 e. The molecule has 61 heavy (non-hydrogen) atoms.